The summed E-state index contributed by atoms with van der Waals surface area (Å²) in [6.45, 7) is 0.666. The van der Waals surface area contributed by atoms with Gasteiger partial charge in [0.1, 0.15) is 0 Å². The van der Waals surface area contributed by atoms with Crippen LogP contribution in [0.2, 0.25) is 0 Å². The molecule has 1 aliphatic carbocycles. The van der Waals surface area contributed by atoms with Gasteiger partial charge in [-0.1, -0.05) is 41.6 Å². The van der Waals surface area contributed by atoms with Crippen LogP contribution in [0.5, 0.6) is 0 Å². The van der Waals surface area contributed by atoms with E-state index in [-0.39, 0.29) is 11.4 Å². The highest BCUT2D eigenvalue weighted by atomic mass is 79.9. The van der Waals surface area contributed by atoms with Crippen LogP contribution in [0.15, 0.2) is 4.73 Å². The van der Waals surface area contributed by atoms with Crippen molar-refractivity contribution >= 4 is 37.8 Å². The normalized spacial score (nSPS) is 19.1. The Bertz CT molecular complexity index is 456. The first-order chi connectivity index (χ1) is 9.06. The molecule has 0 unspecified atom stereocenters. The number of nitro groups is 1. The number of aromatic nitrogens is 3. The van der Waals surface area contributed by atoms with Gasteiger partial charge in [-0.25, -0.2) is 0 Å². The van der Waals surface area contributed by atoms with Crippen LogP contribution in [0.4, 0.5) is 5.95 Å². The van der Waals surface area contributed by atoms with E-state index in [4.69, 9.17) is 0 Å². The number of rotatable bonds is 4. The smallest absolute Gasteiger partial charge is 0.390 e. The van der Waals surface area contributed by atoms with Gasteiger partial charge in [-0.05, 0) is 22.7 Å². The molecule has 0 spiro atoms. The van der Waals surface area contributed by atoms with Crippen molar-refractivity contribution in [2.75, 3.05) is 5.33 Å². The first kappa shape index (κ1) is 14.9. The molecule has 2 rings (SSSR count). The summed E-state index contributed by atoms with van der Waals surface area (Å²) in [5.74, 6) is -0.342. The fraction of sp³-hybridized carbons (Fsp3) is 0.818. The third-order valence-corrected chi connectivity index (χ3v) is 5.49. The summed E-state index contributed by atoms with van der Waals surface area (Å²) in [5.41, 5.74) is 0.126. The van der Waals surface area contributed by atoms with Gasteiger partial charge in [0.2, 0.25) is 0 Å². The number of alkyl halides is 1. The minimum absolute atomic E-state index is 0.126. The zero-order valence-corrected chi connectivity index (χ0v) is 13.7. The summed E-state index contributed by atoms with van der Waals surface area (Å²) < 4.78 is 2.05. The SMILES string of the molecule is O=[N+]([O-])c1nc(Br)n(CC2(CBr)CCCCCC2)n1. The average molecular weight is 396 g/mol. The molecule has 0 N–H and O–H groups in total. The zero-order valence-electron chi connectivity index (χ0n) is 10.5. The Balaban J connectivity index is 2.19. The summed E-state index contributed by atoms with van der Waals surface area (Å²) in [7, 11) is 0. The van der Waals surface area contributed by atoms with E-state index in [1.165, 1.54) is 25.7 Å². The second-order valence-electron chi connectivity index (χ2n) is 5.14. The summed E-state index contributed by atoms with van der Waals surface area (Å²) in [5, 5.41) is 15.6. The first-order valence-electron chi connectivity index (χ1n) is 6.37. The van der Waals surface area contributed by atoms with Gasteiger partial charge >= 0.3 is 5.95 Å². The second-order valence-corrected chi connectivity index (χ2v) is 6.41. The molecule has 1 aromatic heterocycles. The molecule has 1 saturated carbocycles. The molecule has 8 heteroatoms. The second kappa shape index (κ2) is 6.30. The molecule has 0 radical (unpaired) electrons. The van der Waals surface area contributed by atoms with Crippen LogP contribution in [-0.4, -0.2) is 25.0 Å². The lowest BCUT2D eigenvalue weighted by Gasteiger charge is -2.29. The minimum atomic E-state index is -0.560. The fourth-order valence-corrected chi connectivity index (χ4v) is 3.72. The molecule has 1 heterocycles. The van der Waals surface area contributed by atoms with Crippen LogP contribution in [-0.2, 0) is 6.54 Å². The van der Waals surface area contributed by atoms with Crippen molar-refractivity contribution < 1.29 is 4.92 Å². The van der Waals surface area contributed by atoms with Crippen LogP contribution in [0.25, 0.3) is 0 Å². The highest BCUT2D eigenvalue weighted by Crippen LogP contribution is 2.38. The fourth-order valence-electron chi connectivity index (χ4n) is 2.62. The number of nitrogens with zero attached hydrogens (tertiary/aromatic N) is 4. The standard InChI is InChI=1S/C11H16Br2N4O2/c12-7-11(5-3-1-2-4-6-11)8-16-9(13)14-10(15-16)17(18)19/h1-8H2. The van der Waals surface area contributed by atoms with Crippen molar-refractivity contribution in [3.63, 3.8) is 0 Å². The Morgan fingerprint density at radius 2 is 1.95 bits per heavy atom. The van der Waals surface area contributed by atoms with E-state index in [1.54, 1.807) is 4.68 Å². The molecule has 0 aliphatic heterocycles. The van der Waals surface area contributed by atoms with E-state index < -0.39 is 4.92 Å². The Hall–Kier alpha value is -0.500. The number of hydrogen-bond acceptors (Lipinski definition) is 4. The maximum atomic E-state index is 10.7. The Kier molecular flexibility index (Phi) is 4.94. The Labute approximate surface area is 128 Å². The topological polar surface area (TPSA) is 73.8 Å². The quantitative estimate of drug-likeness (QED) is 0.337. The van der Waals surface area contributed by atoms with Gasteiger partial charge in [-0.3, -0.25) is 0 Å². The zero-order chi connectivity index (χ0) is 13.9. The maximum absolute atomic E-state index is 10.7. The van der Waals surface area contributed by atoms with E-state index in [1.807, 2.05) is 0 Å². The van der Waals surface area contributed by atoms with Crippen LogP contribution < -0.4 is 0 Å². The molecular formula is C11H16Br2N4O2. The largest absolute Gasteiger partial charge is 0.492 e. The first-order valence-corrected chi connectivity index (χ1v) is 8.28. The van der Waals surface area contributed by atoms with Crippen LogP contribution in [0.3, 0.4) is 0 Å². The molecule has 6 nitrogen and oxygen atoms in total. The maximum Gasteiger partial charge on any atom is 0.492 e. The number of halogens is 2. The molecule has 1 aromatic rings. The molecular weight excluding hydrogens is 380 g/mol. The molecule has 19 heavy (non-hydrogen) atoms. The molecule has 0 bridgehead atoms. The van der Waals surface area contributed by atoms with E-state index >= 15 is 0 Å². The predicted molar refractivity (Wildman–Crippen MR) is 78.3 cm³/mol. The highest BCUT2D eigenvalue weighted by Gasteiger charge is 2.33. The van der Waals surface area contributed by atoms with Crippen molar-refractivity contribution in [1.29, 1.82) is 0 Å². The van der Waals surface area contributed by atoms with Gasteiger partial charge in [-0.2, -0.15) is 4.68 Å². The third-order valence-electron chi connectivity index (χ3n) is 3.71. The van der Waals surface area contributed by atoms with Crippen molar-refractivity contribution in [2.45, 2.75) is 45.1 Å². The summed E-state index contributed by atoms with van der Waals surface area (Å²) in [4.78, 5) is 14.0. The lowest BCUT2D eigenvalue weighted by atomic mass is 9.82. The van der Waals surface area contributed by atoms with Crippen molar-refractivity contribution in [3.05, 3.63) is 14.8 Å². The third kappa shape index (κ3) is 3.53. The van der Waals surface area contributed by atoms with E-state index in [9.17, 15) is 10.1 Å². The molecule has 106 valence electrons. The summed E-state index contributed by atoms with van der Waals surface area (Å²) in [6.07, 6.45) is 7.21. The van der Waals surface area contributed by atoms with Gasteiger partial charge in [0.25, 0.3) is 4.73 Å². The van der Waals surface area contributed by atoms with Crippen LogP contribution in [0, 0.1) is 15.5 Å². The van der Waals surface area contributed by atoms with Crippen molar-refractivity contribution in [3.8, 4) is 0 Å². The van der Waals surface area contributed by atoms with E-state index in [2.05, 4.69) is 41.9 Å². The summed E-state index contributed by atoms with van der Waals surface area (Å²) >= 11 is 6.86. The molecule has 0 saturated heterocycles. The molecule has 0 aromatic carbocycles. The van der Waals surface area contributed by atoms with Gasteiger partial charge in [0.15, 0.2) is 0 Å². The lowest BCUT2D eigenvalue weighted by molar-refractivity contribution is -0.394. The lowest BCUT2D eigenvalue weighted by Crippen LogP contribution is -2.29. The summed E-state index contributed by atoms with van der Waals surface area (Å²) in [6, 6.07) is 0. The van der Waals surface area contributed by atoms with E-state index in [0.29, 0.717) is 11.3 Å². The van der Waals surface area contributed by atoms with Crippen molar-refractivity contribution in [2.24, 2.45) is 5.41 Å². The van der Waals surface area contributed by atoms with Crippen LogP contribution >= 0.6 is 31.9 Å². The number of hydrogen-bond donors (Lipinski definition) is 0. The monoisotopic (exact) mass is 394 g/mol. The van der Waals surface area contributed by atoms with Crippen molar-refractivity contribution in [1.82, 2.24) is 14.8 Å². The van der Waals surface area contributed by atoms with Gasteiger partial charge in [0, 0.05) is 31.8 Å². The van der Waals surface area contributed by atoms with Crippen LogP contribution in [0.1, 0.15) is 38.5 Å². The van der Waals surface area contributed by atoms with Gasteiger partial charge < -0.3 is 10.1 Å². The molecule has 0 atom stereocenters. The molecule has 0 amide bonds. The average Bonchev–Trinajstić information content (AvgIpc) is 2.62. The minimum Gasteiger partial charge on any atom is -0.390 e. The Morgan fingerprint density at radius 1 is 1.32 bits per heavy atom. The highest BCUT2D eigenvalue weighted by molar-refractivity contribution is 9.10. The molecule has 1 fully saturated rings. The van der Waals surface area contributed by atoms with Gasteiger partial charge in [0.05, 0.1) is 6.54 Å². The Morgan fingerprint density at radius 3 is 2.42 bits per heavy atom. The molecule has 1 aliphatic rings. The van der Waals surface area contributed by atoms with Gasteiger partial charge in [-0.15, -0.1) is 0 Å². The van der Waals surface area contributed by atoms with E-state index in [0.717, 1.165) is 18.2 Å². The predicted octanol–water partition coefficient (Wildman–Crippen LogP) is 3.68.